The summed E-state index contributed by atoms with van der Waals surface area (Å²) in [6.07, 6.45) is -9.42. The highest BCUT2D eigenvalue weighted by molar-refractivity contribution is 5.87. The van der Waals surface area contributed by atoms with Gasteiger partial charge < -0.3 is 73.7 Å². The highest BCUT2D eigenvalue weighted by Crippen LogP contribution is 2.36. The molecule has 53 heavy (non-hydrogen) atoms. The van der Waals surface area contributed by atoms with Gasteiger partial charge in [0, 0.05) is 29.8 Å². The monoisotopic (exact) mass is 740 g/mol. The summed E-state index contributed by atoms with van der Waals surface area (Å²) in [5, 5.41) is 83.4. The van der Waals surface area contributed by atoms with Crippen LogP contribution in [0.4, 0.5) is 0 Å². The average Bonchev–Trinajstić information content (AvgIpc) is 3.42. The lowest BCUT2D eigenvalue weighted by molar-refractivity contribution is -0.318. The van der Waals surface area contributed by atoms with E-state index in [1.165, 1.54) is 61.7 Å². The Labute approximate surface area is 299 Å². The van der Waals surface area contributed by atoms with Gasteiger partial charge in [0.05, 0.1) is 20.3 Å². The van der Waals surface area contributed by atoms with E-state index in [-0.39, 0.29) is 39.7 Å². The Balaban J connectivity index is 1.17. The Hall–Kier alpha value is -5.24. The summed E-state index contributed by atoms with van der Waals surface area (Å²) >= 11 is 0. The molecule has 17 nitrogen and oxygen atoms in total. The summed E-state index contributed by atoms with van der Waals surface area (Å²) in [7, 11) is 1.36. The molecule has 6 rings (SSSR count). The molecule has 8 atom stereocenters. The molecule has 0 aliphatic carbocycles. The number of hydrogen-bond acceptors (Lipinski definition) is 17. The third-order valence-electron chi connectivity index (χ3n) is 8.69. The van der Waals surface area contributed by atoms with Gasteiger partial charge in [0.1, 0.15) is 65.0 Å². The van der Waals surface area contributed by atoms with Crippen molar-refractivity contribution in [1.82, 2.24) is 0 Å². The van der Waals surface area contributed by atoms with Crippen molar-refractivity contribution in [2.45, 2.75) is 48.7 Å². The van der Waals surface area contributed by atoms with Crippen LogP contribution in [0.5, 0.6) is 28.7 Å². The van der Waals surface area contributed by atoms with Crippen LogP contribution in [0.15, 0.2) is 76.0 Å². The minimum absolute atomic E-state index is 0.0101. The number of benzene rings is 3. The number of esters is 1. The van der Waals surface area contributed by atoms with E-state index in [1.54, 1.807) is 0 Å². The van der Waals surface area contributed by atoms with E-state index in [4.69, 9.17) is 32.8 Å². The molecular formula is C36H36O17. The van der Waals surface area contributed by atoms with Crippen LogP contribution in [0.3, 0.4) is 0 Å². The van der Waals surface area contributed by atoms with Crippen molar-refractivity contribution in [2.75, 3.05) is 26.9 Å². The number of carbonyl (C=O) groups excluding carboxylic acids is 1. The number of rotatable bonds is 11. The van der Waals surface area contributed by atoms with Gasteiger partial charge in [0.25, 0.3) is 0 Å². The van der Waals surface area contributed by atoms with Gasteiger partial charge in [0.2, 0.25) is 6.29 Å². The molecule has 2 saturated heterocycles. The molecule has 0 amide bonds. The second-order valence-electron chi connectivity index (χ2n) is 12.4. The maximum atomic E-state index is 12.9. The molecule has 4 aromatic rings. The van der Waals surface area contributed by atoms with Crippen LogP contribution in [0.1, 0.15) is 5.56 Å². The Morgan fingerprint density at radius 1 is 0.962 bits per heavy atom. The Morgan fingerprint density at radius 2 is 1.72 bits per heavy atom. The number of aromatic hydroxyl groups is 3. The van der Waals surface area contributed by atoms with E-state index < -0.39 is 85.7 Å². The van der Waals surface area contributed by atoms with E-state index in [9.17, 15) is 50.4 Å². The average molecular weight is 741 g/mol. The molecule has 2 aliphatic rings. The molecule has 1 aromatic heterocycles. The first-order valence-electron chi connectivity index (χ1n) is 16.1. The molecule has 2 aliphatic heterocycles. The molecule has 282 valence electrons. The topological polar surface area (TPSA) is 264 Å². The molecule has 0 spiro atoms. The summed E-state index contributed by atoms with van der Waals surface area (Å²) < 4.78 is 38.8. The first kappa shape index (κ1) is 37.5. The SMILES string of the molecule is COc1cc(C=CC(=O)OC[C@@]2(O)CO[C@@H](O[C@H]3[C@H](Oc4cc(O)c5c(=O)cc(-c6ccc(O)cc6)oc5c4)O[C@H](CO)[C@@H](O)[C@@H]3O)[C@@H]2O)ccc1O. The van der Waals surface area contributed by atoms with Crippen LogP contribution in [-0.2, 0) is 23.7 Å². The lowest BCUT2D eigenvalue weighted by atomic mass is 9.98. The maximum absolute atomic E-state index is 12.9. The lowest BCUT2D eigenvalue weighted by Gasteiger charge is -2.42. The van der Waals surface area contributed by atoms with Crippen molar-refractivity contribution in [3.8, 4) is 40.1 Å². The summed E-state index contributed by atoms with van der Waals surface area (Å²) in [4.78, 5) is 25.3. The van der Waals surface area contributed by atoms with Crippen molar-refractivity contribution in [3.05, 3.63) is 82.5 Å². The van der Waals surface area contributed by atoms with Crippen LogP contribution in [0, 0.1) is 0 Å². The number of fused-ring (bicyclic) bond motifs is 1. The third kappa shape index (κ3) is 7.92. The molecule has 8 N–H and O–H groups in total. The molecule has 17 heteroatoms. The second-order valence-corrected chi connectivity index (χ2v) is 12.4. The summed E-state index contributed by atoms with van der Waals surface area (Å²) in [6.45, 7) is -2.10. The smallest absolute Gasteiger partial charge is 0.330 e. The van der Waals surface area contributed by atoms with Crippen LogP contribution in [0.25, 0.3) is 28.4 Å². The predicted octanol–water partition coefficient (Wildman–Crippen LogP) is 0.493. The van der Waals surface area contributed by atoms with Crippen molar-refractivity contribution < 1.29 is 78.5 Å². The largest absolute Gasteiger partial charge is 0.508 e. The van der Waals surface area contributed by atoms with E-state index in [0.717, 1.165) is 18.2 Å². The van der Waals surface area contributed by atoms with Crippen molar-refractivity contribution in [2.24, 2.45) is 0 Å². The van der Waals surface area contributed by atoms with E-state index in [1.807, 2.05) is 0 Å². The molecule has 0 radical (unpaired) electrons. The van der Waals surface area contributed by atoms with Crippen LogP contribution < -0.4 is 14.9 Å². The molecule has 3 heterocycles. The second kappa shape index (κ2) is 15.4. The van der Waals surface area contributed by atoms with Crippen molar-refractivity contribution >= 4 is 23.0 Å². The summed E-state index contributed by atoms with van der Waals surface area (Å²) in [5.41, 5.74) is -1.96. The van der Waals surface area contributed by atoms with Crippen LogP contribution >= 0.6 is 0 Å². The quantitative estimate of drug-likeness (QED) is 0.0768. The lowest BCUT2D eigenvalue weighted by Crippen LogP contribution is -2.62. The maximum Gasteiger partial charge on any atom is 0.330 e. The van der Waals surface area contributed by atoms with Gasteiger partial charge in [-0.15, -0.1) is 0 Å². The number of phenolic OH excluding ortho intramolecular Hbond substituents is 3. The zero-order chi connectivity index (χ0) is 38.0. The van der Waals surface area contributed by atoms with Gasteiger partial charge >= 0.3 is 5.97 Å². The van der Waals surface area contributed by atoms with E-state index in [2.05, 4.69) is 0 Å². The first-order valence-corrected chi connectivity index (χ1v) is 16.1. The zero-order valence-electron chi connectivity index (χ0n) is 27.8. The van der Waals surface area contributed by atoms with Gasteiger partial charge in [-0.1, -0.05) is 6.07 Å². The highest BCUT2D eigenvalue weighted by Gasteiger charge is 2.54. The Bertz CT molecular complexity index is 2030. The molecule has 0 unspecified atom stereocenters. The van der Waals surface area contributed by atoms with E-state index >= 15 is 0 Å². The number of hydrogen-bond donors (Lipinski definition) is 8. The summed E-state index contributed by atoms with van der Waals surface area (Å²) in [6, 6.07) is 13.6. The molecule has 0 saturated carbocycles. The Kier molecular flexibility index (Phi) is 10.9. The normalized spacial score (nSPS) is 27.2. The van der Waals surface area contributed by atoms with Crippen LogP contribution in [0.2, 0.25) is 0 Å². The predicted molar refractivity (Wildman–Crippen MR) is 180 cm³/mol. The first-order chi connectivity index (χ1) is 25.3. The fraction of sp³-hybridized carbons (Fsp3) is 0.333. The van der Waals surface area contributed by atoms with Gasteiger partial charge in [-0.25, -0.2) is 4.79 Å². The number of phenols is 3. The molecule has 3 aromatic carbocycles. The van der Waals surface area contributed by atoms with E-state index in [0.29, 0.717) is 11.1 Å². The molecule has 2 fully saturated rings. The van der Waals surface area contributed by atoms with Crippen molar-refractivity contribution in [1.29, 1.82) is 0 Å². The van der Waals surface area contributed by atoms with Gasteiger partial charge in [-0.3, -0.25) is 4.79 Å². The van der Waals surface area contributed by atoms with Crippen molar-refractivity contribution in [3.63, 3.8) is 0 Å². The number of ether oxygens (including phenoxy) is 6. The standard InChI is InChI=1S/C36H36O17/c1-47-25-10-17(2-8-21(25)39)3-9-28(42)48-15-36(46)16-49-35(33(36)45)53-32-31(44)30(43)27(14-37)52-34(32)50-20-11-22(40)29-23(41)13-24(51-26(29)12-20)18-4-6-19(38)7-5-18/h2-13,27,30-35,37-40,43-46H,14-16H2,1H3/t27-,30-,31+,32-,33+,34-,35+,36-/m1/s1. The van der Waals surface area contributed by atoms with Gasteiger partial charge in [0.15, 0.2) is 34.9 Å². The molecule has 0 bridgehead atoms. The molecular weight excluding hydrogens is 704 g/mol. The number of aliphatic hydroxyl groups excluding tert-OH is 4. The summed E-state index contributed by atoms with van der Waals surface area (Å²) in [5.74, 6) is -1.43. The fourth-order valence-corrected chi connectivity index (χ4v) is 5.77. The number of aliphatic hydroxyl groups is 5. The van der Waals surface area contributed by atoms with Gasteiger partial charge in [-0.05, 0) is 48.0 Å². The number of methoxy groups -OCH3 is 1. The fourth-order valence-electron chi connectivity index (χ4n) is 5.77. The van der Waals surface area contributed by atoms with Gasteiger partial charge in [-0.2, -0.15) is 0 Å². The highest BCUT2D eigenvalue weighted by atomic mass is 16.8. The number of carbonyl (C=O) groups is 1. The van der Waals surface area contributed by atoms with Crippen LogP contribution in [-0.4, -0.2) is 122 Å². The third-order valence-corrected chi connectivity index (χ3v) is 8.69. The zero-order valence-corrected chi connectivity index (χ0v) is 27.8. The minimum Gasteiger partial charge on any atom is -0.508 e. The minimum atomic E-state index is -2.18. The Morgan fingerprint density at radius 3 is 2.43 bits per heavy atom.